The van der Waals surface area contributed by atoms with Crippen molar-refractivity contribution in [2.24, 2.45) is 5.92 Å². The summed E-state index contributed by atoms with van der Waals surface area (Å²) < 4.78 is 27.3. The molecule has 2 aromatic carbocycles. The van der Waals surface area contributed by atoms with Crippen LogP contribution in [0.25, 0.3) is 0 Å². The van der Waals surface area contributed by atoms with Crippen molar-refractivity contribution >= 4 is 27.5 Å². The molecule has 0 unspecified atom stereocenters. The van der Waals surface area contributed by atoms with Gasteiger partial charge in [-0.25, -0.2) is 8.42 Å². The number of carbonyl (C=O) groups excluding carboxylic acids is 1. The monoisotopic (exact) mass is 486 g/mol. The zero-order valence-electron chi connectivity index (χ0n) is 18.4. The Morgan fingerprint density at radius 1 is 0.939 bits per heavy atom. The molecular formula is C24H27ClN4O3S. The minimum atomic E-state index is -3.62. The molecule has 0 saturated carbocycles. The second kappa shape index (κ2) is 10.2. The number of halogens is 1. The molecule has 0 spiro atoms. The highest BCUT2D eigenvalue weighted by Crippen LogP contribution is 2.26. The summed E-state index contributed by atoms with van der Waals surface area (Å²) in [5, 5.41) is 9.63. The molecule has 174 valence electrons. The molecule has 33 heavy (non-hydrogen) atoms. The summed E-state index contributed by atoms with van der Waals surface area (Å²) in [7, 11) is -3.62. The minimum Gasteiger partial charge on any atom is -0.340 e. The summed E-state index contributed by atoms with van der Waals surface area (Å²) in [5.41, 5.74) is 1.63. The van der Waals surface area contributed by atoms with Crippen molar-refractivity contribution in [2.45, 2.75) is 24.3 Å². The van der Waals surface area contributed by atoms with Crippen LogP contribution in [0.2, 0.25) is 5.02 Å². The number of nitriles is 1. The lowest BCUT2D eigenvalue weighted by atomic mass is 9.96. The lowest BCUT2D eigenvalue weighted by Gasteiger charge is -2.38. The van der Waals surface area contributed by atoms with Crippen molar-refractivity contribution in [2.75, 3.05) is 39.3 Å². The van der Waals surface area contributed by atoms with Gasteiger partial charge in [-0.05, 0) is 54.8 Å². The first-order chi connectivity index (χ1) is 15.9. The van der Waals surface area contributed by atoms with Gasteiger partial charge in [0.05, 0.1) is 16.5 Å². The predicted molar refractivity (Wildman–Crippen MR) is 126 cm³/mol. The van der Waals surface area contributed by atoms with E-state index < -0.39 is 10.0 Å². The summed E-state index contributed by atoms with van der Waals surface area (Å²) >= 11 is 5.95. The van der Waals surface area contributed by atoms with Crippen molar-refractivity contribution in [3.05, 3.63) is 64.7 Å². The molecule has 2 aliphatic heterocycles. The van der Waals surface area contributed by atoms with E-state index in [2.05, 4.69) is 4.90 Å². The van der Waals surface area contributed by atoms with E-state index in [1.165, 1.54) is 34.1 Å². The van der Waals surface area contributed by atoms with Crippen LogP contribution in [0.3, 0.4) is 0 Å². The van der Waals surface area contributed by atoms with E-state index in [-0.39, 0.29) is 16.7 Å². The molecule has 0 bridgehead atoms. The zero-order chi connectivity index (χ0) is 23.4. The van der Waals surface area contributed by atoms with Gasteiger partial charge in [0.15, 0.2) is 0 Å². The van der Waals surface area contributed by atoms with Crippen LogP contribution < -0.4 is 0 Å². The Kier molecular flexibility index (Phi) is 7.35. The minimum absolute atomic E-state index is 0.136. The molecule has 7 nitrogen and oxygen atoms in total. The van der Waals surface area contributed by atoms with E-state index >= 15 is 0 Å². The Morgan fingerprint density at radius 2 is 1.55 bits per heavy atom. The van der Waals surface area contributed by atoms with Gasteiger partial charge in [-0.3, -0.25) is 9.69 Å². The van der Waals surface area contributed by atoms with Crippen LogP contribution in [-0.2, 0) is 21.4 Å². The van der Waals surface area contributed by atoms with Crippen molar-refractivity contribution in [3.63, 3.8) is 0 Å². The fourth-order valence-electron chi connectivity index (χ4n) is 4.43. The van der Waals surface area contributed by atoms with Gasteiger partial charge < -0.3 is 4.90 Å². The van der Waals surface area contributed by atoms with Gasteiger partial charge in [-0.1, -0.05) is 23.7 Å². The van der Waals surface area contributed by atoms with Crippen LogP contribution in [0.1, 0.15) is 24.0 Å². The number of piperazine rings is 1. The second-order valence-corrected chi connectivity index (χ2v) is 10.9. The standard InChI is InChI=1S/C24H27ClN4O3S/c25-22-5-1-20(2-6-22)18-27-13-15-28(16-14-27)24(30)21-9-11-29(12-10-21)33(31,32)23-7-3-19(17-26)4-8-23/h1-8,21H,9-16,18H2. The number of sulfonamides is 1. The molecule has 9 heteroatoms. The summed E-state index contributed by atoms with van der Waals surface area (Å²) in [5.74, 6) is -0.00297. The molecule has 2 fully saturated rings. The van der Waals surface area contributed by atoms with Crippen LogP contribution in [0, 0.1) is 17.2 Å². The molecular weight excluding hydrogens is 460 g/mol. The first-order valence-corrected chi connectivity index (χ1v) is 12.9. The van der Waals surface area contributed by atoms with E-state index in [4.69, 9.17) is 16.9 Å². The lowest BCUT2D eigenvalue weighted by Crippen LogP contribution is -2.51. The molecule has 0 aliphatic carbocycles. The Balaban J connectivity index is 1.27. The van der Waals surface area contributed by atoms with Gasteiger partial charge in [0.1, 0.15) is 0 Å². The van der Waals surface area contributed by atoms with Crippen molar-refractivity contribution in [3.8, 4) is 6.07 Å². The average molecular weight is 487 g/mol. The van der Waals surface area contributed by atoms with Gasteiger partial charge in [-0.2, -0.15) is 9.57 Å². The van der Waals surface area contributed by atoms with E-state index in [0.717, 1.165) is 24.7 Å². The largest absolute Gasteiger partial charge is 0.340 e. The number of piperidine rings is 1. The van der Waals surface area contributed by atoms with Gasteiger partial charge in [0.25, 0.3) is 0 Å². The quantitative estimate of drug-likeness (QED) is 0.648. The lowest BCUT2D eigenvalue weighted by molar-refractivity contribution is -0.138. The number of benzene rings is 2. The fourth-order valence-corrected chi connectivity index (χ4v) is 6.02. The van der Waals surface area contributed by atoms with Gasteiger partial charge >= 0.3 is 0 Å². The van der Waals surface area contributed by atoms with Crippen LogP contribution in [0.15, 0.2) is 53.4 Å². The number of carbonyl (C=O) groups is 1. The van der Waals surface area contributed by atoms with Gasteiger partial charge in [0, 0.05) is 56.8 Å². The molecule has 4 rings (SSSR count). The molecule has 0 aromatic heterocycles. The SMILES string of the molecule is N#Cc1ccc(S(=O)(=O)N2CCC(C(=O)N3CCN(Cc4ccc(Cl)cc4)CC3)CC2)cc1. The Bertz CT molecular complexity index is 1110. The second-order valence-electron chi connectivity index (χ2n) is 8.54. The number of hydrogen-bond donors (Lipinski definition) is 0. The molecule has 2 aromatic rings. The smallest absolute Gasteiger partial charge is 0.243 e. The van der Waals surface area contributed by atoms with Crippen LogP contribution in [0.4, 0.5) is 0 Å². The summed E-state index contributed by atoms with van der Waals surface area (Å²) in [6, 6.07) is 15.8. The Hall–Kier alpha value is -2.44. The number of rotatable bonds is 5. The predicted octanol–water partition coefficient (Wildman–Crippen LogP) is 2.96. The van der Waals surface area contributed by atoms with Gasteiger partial charge in [0.2, 0.25) is 15.9 Å². The molecule has 0 atom stereocenters. The third-order valence-corrected chi connectivity index (χ3v) is 8.59. The molecule has 0 radical (unpaired) electrons. The molecule has 1 amide bonds. The highest BCUT2D eigenvalue weighted by molar-refractivity contribution is 7.89. The molecule has 2 saturated heterocycles. The van der Waals surface area contributed by atoms with Crippen molar-refractivity contribution in [1.82, 2.24) is 14.1 Å². The third-order valence-electron chi connectivity index (χ3n) is 6.43. The van der Waals surface area contributed by atoms with Crippen LogP contribution >= 0.6 is 11.6 Å². The molecule has 2 heterocycles. The maximum atomic E-state index is 13.0. The Morgan fingerprint density at radius 3 is 2.12 bits per heavy atom. The number of hydrogen-bond acceptors (Lipinski definition) is 5. The normalized spacial score (nSPS) is 18.7. The van der Waals surface area contributed by atoms with Gasteiger partial charge in [-0.15, -0.1) is 0 Å². The number of nitrogens with zero attached hydrogens (tertiary/aromatic N) is 4. The van der Waals surface area contributed by atoms with E-state index in [9.17, 15) is 13.2 Å². The molecule has 0 N–H and O–H groups in total. The molecule has 2 aliphatic rings. The number of amides is 1. The van der Waals surface area contributed by atoms with E-state index in [0.29, 0.717) is 44.6 Å². The summed E-state index contributed by atoms with van der Waals surface area (Å²) in [4.78, 5) is 17.5. The first kappa shape index (κ1) is 23.7. The van der Waals surface area contributed by atoms with Crippen molar-refractivity contribution in [1.29, 1.82) is 5.26 Å². The highest BCUT2D eigenvalue weighted by Gasteiger charge is 2.34. The maximum absolute atomic E-state index is 13.0. The highest BCUT2D eigenvalue weighted by atomic mass is 35.5. The fraction of sp³-hybridized carbons (Fsp3) is 0.417. The summed E-state index contributed by atoms with van der Waals surface area (Å²) in [6.07, 6.45) is 1.05. The van der Waals surface area contributed by atoms with E-state index in [1.807, 2.05) is 35.2 Å². The van der Waals surface area contributed by atoms with Crippen LogP contribution in [-0.4, -0.2) is 67.7 Å². The van der Waals surface area contributed by atoms with E-state index in [1.54, 1.807) is 0 Å². The van der Waals surface area contributed by atoms with Crippen LogP contribution in [0.5, 0.6) is 0 Å². The van der Waals surface area contributed by atoms with Crippen molar-refractivity contribution < 1.29 is 13.2 Å². The Labute approximate surface area is 200 Å². The topological polar surface area (TPSA) is 84.7 Å². The summed E-state index contributed by atoms with van der Waals surface area (Å²) in [6.45, 7) is 4.52. The zero-order valence-corrected chi connectivity index (χ0v) is 19.9. The average Bonchev–Trinajstić information content (AvgIpc) is 2.85. The third kappa shape index (κ3) is 5.56. The first-order valence-electron chi connectivity index (χ1n) is 11.1. The maximum Gasteiger partial charge on any atom is 0.243 e.